The van der Waals surface area contributed by atoms with E-state index in [2.05, 4.69) is 10.0 Å². The van der Waals surface area contributed by atoms with Crippen molar-refractivity contribution in [2.24, 2.45) is 0 Å². The van der Waals surface area contributed by atoms with Gasteiger partial charge in [-0.25, -0.2) is 25.9 Å². The molecular weight excluding hydrogens is 403 g/mol. The molecule has 0 amide bonds. The van der Waals surface area contributed by atoms with Gasteiger partial charge < -0.3 is 5.32 Å². The molecule has 2 N–H and O–H groups in total. The van der Waals surface area contributed by atoms with Crippen molar-refractivity contribution in [1.82, 2.24) is 10.0 Å². The van der Waals surface area contributed by atoms with Crippen LogP contribution in [0, 0.1) is 5.82 Å². The molecule has 0 radical (unpaired) electrons. The van der Waals surface area contributed by atoms with E-state index in [9.17, 15) is 21.2 Å². The molecule has 10 heteroatoms. The Hall–Kier alpha value is -0.740. The summed E-state index contributed by atoms with van der Waals surface area (Å²) in [6.07, 6.45) is 7.96. The van der Waals surface area contributed by atoms with Crippen LogP contribution in [0.25, 0.3) is 0 Å². The Bertz CT molecular complexity index is 792. The number of hydrogen-bond acceptors (Lipinski definition) is 5. The van der Waals surface area contributed by atoms with Crippen LogP contribution in [0.15, 0.2) is 28.0 Å². The predicted molar refractivity (Wildman–Crippen MR) is 101 cm³/mol. The van der Waals surface area contributed by atoms with Gasteiger partial charge in [0.05, 0.1) is 4.90 Å². The first kappa shape index (κ1) is 23.3. The topological polar surface area (TPSA) is 92.3 Å². The van der Waals surface area contributed by atoms with Gasteiger partial charge in [0.1, 0.15) is 10.7 Å². The van der Waals surface area contributed by atoms with Crippen molar-refractivity contribution in [1.29, 1.82) is 0 Å². The highest BCUT2D eigenvalue weighted by Gasteiger charge is 2.20. The number of sulfonamides is 1. The molecule has 0 atom stereocenters. The van der Waals surface area contributed by atoms with E-state index in [1.54, 1.807) is 0 Å². The highest BCUT2D eigenvalue weighted by atomic mass is 35.5. The second kappa shape index (κ2) is 9.98. The highest BCUT2D eigenvalue weighted by Crippen LogP contribution is 2.19. The van der Waals surface area contributed by atoms with Gasteiger partial charge in [-0.2, -0.15) is 0 Å². The fourth-order valence-corrected chi connectivity index (χ4v) is 4.75. The summed E-state index contributed by atoms with van der Waals surface area (Å²) in [5, 5.41) is 3.35. The summed E-state index contributed by atoms with van der Waals surface area (Å²) < 4.78 is 63.4. The summed E-state index contributed by atoms with van der Waals surface area (Å²) >= 11 is 0. The number of benzene rings is 1. The van der Waals surface area contributed by atoms with E-state index in [-0.39, 0.29) is 23.8 Å². The molecule has 150 valence electrons. The predicted octanol–water partition coefficient (Wildman–Crippen LogP) is 2.24. The second-order valence-corrected chi connectivity index (χ2v) is 10.2. The highest BCUT2D eigenvalue weighted by molar-refractivity contribution is 7.90. The van der Waals surface area contributed by atoms with Gasteiger partial charge in [-0.05, 0) is 31.0 Å². The average Bonchev–Trinajstić information content (AvgIpc) is 2.79. The zero-order valence-corrected chi connectivity index (χ0v) is 17.2. The second-order valence-electron chi connectivity index (χ2n) is 6.40. The first-order valence-corrected chi connectivity index (χ1v) is 11.8. The average molecular weight is 429 g/mol. The van der Waals surface area contributed by atoms with Crippen LogP contribution < -0.4 is 10.0 Å². The quantitative estimate of drug-likeness (QED) is 0.513. The van der Waals surface area contributed by atoms with Crippen molar-refractivity contribution in [3.05, 3.63) is 24.0 Å². The molecule has 0 bridgehead atoms. The van der Waals surface area contributed by atoms with Crippen LogP contribution in [-0.2, 0) is 19.9 Å². The summed E-state index contributed by atoms with van der Waals surface area (Å²) in [4.78, 5) is -0.798. The Balaban J connectivity index is 0.00000338. The smallest absolute Gasteiger partial charge is 0.240 e. The normalized spacial score (nSPS) is 16.7. The molecule has 0 unspecified atom stereocenters. The summed E-state index contributed by atoms with van der Waals surface area (Å²) in [6, 6.07) is 3.22. The van der Waals surface area contributed by atoms with E-state index in [0.717, 1.165) is 37.3 Å². The molecule has 0 heterocycles. The van der Waals surface area contributed by atoms with Gasteiger partial charge >= 0.3 is 0 Å². The lowest BCUT2D eigenvalue weighted by molar-refractivity contribution is 0.461. The summed E-state index contributed by atoms with van der Waals surface area (Å²) in [5.74, 6) is -1.07. The maximum absolute atomic E-state index is 13.9. The van der Waals surface area contributed by atoms with Gasteiger partial charge in [0.2, 0.25) is 10.0 Å². The minimum atomic E-state index is -3.88. The van der Waals surface area contributed by atoms with E-state index in [4.69, 9.17) is 0 Å². The van der Waals surface area contributed by atoms with Gasteiger partial charge in [-0.3, -0.25) is 0 Å². The number of rotatable bonds is 7. The van der Waals surface area contributed by atoms with E-state index < -0.39 is 30.6 Å². The van der Waals surface area contributed by atoms with E-state index in [0.29, 0.717) is 12.6 Å². The molecular formula is C16H26ClFN2O4S2. The minimum absolute atomic E-state index is 0. The molecule has 1 aromatic carbocycles. The van der Waals surface area contributed by atoms with Crippen molar-refractivity contribution < 1.29 is 21.2 Å². The molecule has 0 aromatic heterocycles. The molecule has 2 rings (SSSR count). The SMILES string of the molecule is CS(=O)(=O)c1ccc(S(=O)(=O)NCCNC2CCCCCC2)cc1F.Cl. The van der Waals surface area contributed by atoms with Gasteiger partial charge in [0, 0.05) is 25.4 Å². The molecule has 26 heavy (non-hydrogen) atoms. The van der Waals surface area contributed by atoms with Crippen molar-refractivity contribution in [3.8, 4) is 0 Å². The Kier molecular flexibility index (Phi) is 8.95. The monoisotopic (exact) mass is 428 g/mol. The van der Waals surface area contributed by atoms with Crippen molar-refractivity contribution in [2.75, 3.05) is 19.3 Å². The maximum atomic E-state index is 13.9. The Labute approximate surface area is 161 Å². The molecule has 6 nitrogen and oxygen atoms in total. The van der Waals surface area contributed by atoms with Crippen LogP contribution in [-0.4, -0.2) is 42.2 Å². The third-order valence-corrected chi connectivity index (χ3v) is 6.91. The molecule has 1 fully saturated rings. The van der Waals surface area contributed by atoms with Crippen molar-refractivity contribution in [2.45, 2.75) is 54.4 Å². The first-order chi connectivity index (χ1) is 11.7. The molecule has 0 aliphatic heterocycles. The zero-order chi connectivity index (χ0) is 18.5. The molecule has 0 spiro atoms. The first-order valence-electron chi connectivity index (χ1n) is 8.43. The Morgan fingerprint density at radius 1 is 1.04 bits per heavy atom. The molecule has 1 aromatic rings. The van der Waals surface area contributed by atoms with Gasteiger partial charge in [0.25, 0.3) is 0 Å². The van der Waals surface area contributed by atoms with Crippen LogP contribution in [0.4, 0.5) is 4.39 Å². The van der Waals surface area contributed by atoms with Crippen LogP contribution in [0.3, 0.4) is 0 Å². The van der Waals surface area contributed by atoms with Crippen LogP contribution in [0.1, 0.15) is 38.5 Å². The molecule has 1 aliphatic rings. The summed E-state index contributed by atoms with van der Waals surface area (Å²) in [6.45, 7) is 0.683. The fourth-order valence-electron chi connectivity index (χ4n) is 2.98. The Morgan fingerprint density at radius 2 is 1.65 bits per heavy atom. The number of halogens is 2. The van der Waals surface area contributed by atoms with Crippen LogP contribution in [0.2, 0.25) is 0 Å². The summed E-state index contributed by atoms with van der Waals surface area (Å²) in [5.41, 5.74) is 0. The summed E-state index contributed by atoms with van der Waals surface area (Å²) in [7, 11) is -7.61. The zero-order valence-electron chi connectivity index (χ0n) is 14.7. The number of sulfone groups is 1. The minimum Gasteiger partial charge on any atom is -0.313 e. The molecule has 0 saturated heterocycles. The Morgan fingerprint density at radius 3 is 2.19 bits per heavy atom. The third-order valence-electron chi connectivity index (χ3n) is 4.32. The van der Waals surface area contributed by atoms with Crippen molar-refractivity contribution in [3.63, 3.8) is 0 Å². The molecule has 1 aliphatic carbocycles. The number of nitrogens with one attached hydrogen (secondary N) is 2. The standard InChI is InChI=1S/C16H25FN2O4S2.ClH/c1-24(20,21)16-9-8-14(12-15(16)17)25(22,23)19-11-10-18-13-6-4-2-3-5-7-13;/h8-9,12-13,18-19H,2-7,10-11H2,1H3;1H. The van der Waals surface area contributed by atoms with Gasteiger partial charge in [-0.15, -0.1) is 12.4 Å². The largest absolute Gasteiger partial charge is 0.313 e. The fraction of sp³-hybridized carbons (Fsp3) is 0.625. The third kappa shape index (κ3) is 6.77. The van der Waals surface area contributed by atoms with Gasteiger partial charge in [0.15, 0.2) is 9.84 Å². The lowest BCUT2D eigenvalue weighted by Crippen LogP contribution is -2.36. The maximum Gasteiger partial charge on any atom is 0.240 e. The lowest BCUT2D eigenvalue weighted by atomic mass is 10.1. The molecule has 1 saturated carbocycles. The number of hydrogen-bond donors (Lipinski definition) is 2. The van der Waals surface area contributed by atoms with E-state index in [1.165, 1.54) is 25.7 Å². The van der Waals surface area contributed by atoms with Gasteiger partial charge in [-0.1, -0.05) is 25.7 Å². The lowest BCUT2D eigenvalue weighted by Gasteiger charge is -2.16. The van der Waals surface area contributed by atoms with Crippen LogP contribution in [0.5, 0.6) is 0 Å². The van der Waals surface area contributed by atoms with Crippen molar-refractivity contribution >= 4 is 32.3 Å². The van der Waals surface area contributed by atoms with E-state index in [1.807, 2.05) is 0 Å². The van der Waals surface area contributed by atoms with Crippen LogP contribution >= 0.6 is 12.4 Å². The van der Waals surface area contributed by atoms with E-state index >= 15 is 0 Å².